The van der Waals surface area contributed by atoms with Gasteiger partial charge in [0, 0.05) is 24.6 Å². The first-order chi connectivity index (χ1) is 14.0. The highest BCUT2D eigenvalue weighted by atomic mass is 32.1. The number of rotatable bonds is 5. The number of carbonyl (C=O) groups excluding carboxylic acids is 1. The number of aryl methyl sites for hydroxylation is 4. The van der Waals surface area contributed by atoms with Crippen molar-refractivity contribution in [2.75, 3.05) is 4.90 Å². The molecule has 0 atom stereocenters. The number of amides is 1. The van der Waals surface area contributed by atoms with E-state index >= 15 is 0 Å². The summed E-state index contributed by atoms with van der Waals surface area (Å²) >= 11 is 1.53. The molecule has 1 amide bonds. The maximum atomic E-state index is 13.4. The zero-order valence-electron chi connectivity index (χ0n) is 17.0. The SMILES string of the molecule is CCn1nc(C(=O)N(Cc2cccnc2)c2nc3cc(C)c(C)cc3s2)cc1C. The number of anilines is 1. The van der Waals surface area contributed by atoms with Crippen molar-refractivity contribution in [1.82, 2.24) is 19.7 Å². The number of fused-ring (bicyclic) bond motifs is 1. The lowest BCUT2D eigenvalue weighted by Gasteiger charge is -2.18. The van der Waals surface area contributed by atoms with Crippen LogP contribution in [0.5, 0.6) is 0 Å². The van der Waals surface area contributed by atoms with Crippen LogP contribution in [-0.4, -0.2) is 25.7 Å². The van der Waals surface area contributed by atoms with Gasteiger partial charge in [-0.3, -0.25) is 19.4 Å². The van der Waals surface area contributed by atoms with Crippen molar-refractivity contribution in [1.29, 1.82) is 0 Å². The summed E-state index contributed by atoms with van der Waals surface area (Å²) in [6, 6.07) is 9.88. The minimum Gasteiger partial charge on any atom is -0.278 e. The Morgan fingerprint density at radius 1 is 1.17 bits per heavy atom. The van der Waals surface area contributed by atoms with Gasteiger partial charge in [0.15, 0.2) is 10.8 Å². The topological polar surface area (TPSA) is 63.9 Å². The van der Waals surface area contributed by atoms with Crippen LogP contribution in [0.2, 0.25) is 0 Å². The minimum atomic E-state index is -0.156. The van der Waals surface area contributed by atoms with Gasteiger partial charge in [0.05, 0.1) is 16.8 Å². The standard InChI is InChI=1S/C22H23N5OS/c1-5-27-16(4)11-19(25-27)21(28)26(13-17-7-6-8-23-12-17)22-24-18-9-14(2)15(3)10-20(18)29-22/h6-12H,5,13H2,1-4H3. The smallest absolute Gasteiger partial charge is 0.278 e. The average Bonchev–Trinajstić information content (AvgIpc) is 3.29. The largest absolute Gasteiger partial charge is 0.280 e. The van der Waals surface area contributed by atoms with Gasteiger partial charge in [0.1, 0.15) is 0 Å². The second kappa shape index (κ2) is 7.75. The Hall–Kier alpha value is -3.06. The van der Waals surface area contributed by atoms with Gasteiger partial charge in [-0.25, -0.2) is 4.98 Å². The molecule has 0 aliphatic rings. The molecule has 0 spiro atoms. The van der Waals surface area contributed by atoms with Gasteiger partial charge in [-0.1, -0.05) is 17.4 Å². The fraction of sp³-hybridized carbons (Fsp3) is 0.273. The van der Waals surface area contributed by atoms with Crippen molar-refractivity contribution in [3.05, 3.63) is 70.8 Å². The number of nitrogens with zero attached hydrogens (tertiary/aromatic N) is 5. The van der Waals surface area contributed by atoms with Gasteiger partial charge in [-0.05, 0) is 68.7 Å². The highest BCUT2D eigenvalue weighted by molar-refractivity contribution is 7.22. The van der Waals surface area contributed by atoms with Crippen molar-refractivity contribution < 1.29 is 4.79 Å². The lowest BCUT2D eigenvalue weighted by molar-refractivity contribution is 0.0979. The van der Waals surface area contributed by atoms with E-state index in [0.29, 0.717) is 17.4 Å². The van der Waals surface area contributed by atoms with E-state index in [1.807, 2.05) is 36.7 Å². The molecule has 6 nitrogen and oxygen atoms in total. The molecule has 4 aromatic rings. The first-order valence-electron chi connectivity index (χ1n) is 9.59. The van der Waals surface area contributed by atoms with E-state index in [-0.39, 0.29) is 5.91 Å². The third kappa shape index (κ3) is 3.78. The second-order valence-electron chi connectivity index (χ2n) is 7.14. The van der Waals surface area contributed by atoms with Crippen molar-refractivity contribution >= 4 is 32.6 Å². The first-order valence-corrected chi connectivity index (χ1v) is 10.4. The average molecular weight is 406 g/mol. The summed E-state index contributed by atoms with van der Waals surface area (Å²) in [4.78, 5) is 24.1. The van der Waals surface area contributed by atoms with E-state index in [2.05, 4.69) is 36.1 Å². The Bertz CT molecular complexity index is 1140. The normalized spacial score (nSPS) is 11.2. The van der Waals surface area contributed by atoms with Crippen LogP contribution in [0.4, 0.5) is 5.13 Å². The van der Waals surface area contributed by atoms with Crippen LogP contribution in [0.25, 0.3) is 10.2 Å². The molecule has 0 fully saturated rings. The molecule has 29 heavy (non-hydrogen) atoms. The summed E-state index contributed by atoms with van der Waals surface area (Å²) in [5, 5.41) is 5.15. The van der Waals surface area contributed by atoms with Crippen LogP contribution >= 0.6 is 11.3 Å². The monoisotopic (exact) mass is 405 g/mol. The van der Waals surface area contributed by atoms with Crippen molar-refractivity contribution in [2.45, 2.75) is 40.8 Å². The molecule has 3 aromatic heterocycles. The number of thiazole rings is 1. The summed E-state index contributed by atoms with van der Waals surface area (Å²) in [6.45, 7) is 9.26. The van der Waals surface area contributed by atoms with Gasteiger partial charge in [-0.2, -0.15) is 5.10 Å². The number of hydrogen-bond acceptors (Lipinski definition) is 5. The van der Waals surface area contributed by atoms with Crippen LogP contribution in [-0.2, 0) is 13.1 Å². The molecule has 0 saturated heterocycles. The molecule has 0 bridgehead atoms. The summed E-state index contributed by atoms with van der Waals surface area (Å²) in [5.41, 5.74) is 5.66. The molecule has 3 heterocycles. The number of pyridine rings is 1. The molecular weight excluding hydrogens is 382 g/mol. The van der Waals surface area contributed by atoms with Gasteiger partial charge in [0.25, 0.3) is 5.91 Å². The lowest BCUT2D eigenvalue weighted by atomic mass is 10.1. The predicted octanol–water partition coefficient (Wildman–Crippen LogP) is 4.68. The van der Waals surface area contributed by atoms with Crippen LogP contribution in [0, 0.1) is 20.8 Å². The van der Waals surface area contributed by atoms with E-state index < -0.39 is 0 Å². The Morgan fingerprint density at radius 2 is 1.97 bits per heavy atom. The third-order valence-corrected chi connectivity index (χ3v) is 6.07. The van der Waals surface area contributed by atoms with E-state index in [4.69, 9.17) is 4.98 Å². The molecule has 0 radical (unpaired) electrons. The lowest BCUT2D eigenvalue weighted by Crippen LogP contribution is -2.30. The second-order valence-corrected chi connectivity index (χ2v) is 8.15. The van der Waals surface area contributed by atoms with E-state index in [0.717, 1.165) is 28.0 Å². The van der Waals surface area contributed by atoms with Crippen LogP contribution in [0.15, 0.2) is 42.7 Å². The van der Waals surface area contributed by atoms with Gasteiger partial charge in [-0.15, -0.1) is 0 Å². The predicted molar refractivity (Wildman–Crippen MR) is 116 cm³/mol. The molecular formula is C22H23N5OS. The van der Waals surface area contributed by atoms with Gasteiger partial charge in [0.2, 0.25) is 0 Å². The summed E-state index contributed by atoms with van der Waals surface area (Å²) in [7, 11) is 0. The number of benzene rings is 1. The quantitative estimate of drug-likeness (QED) is 0.484. The molecule has 0 aliphatic carbocycles. The van der Waals surface area contributed by atoms with E-state index in [9.17, 15) is 4.79 Å². The molecule has 7 heteroatoms. The Balaban J connectivity index is 1.78. The van der Waals surface area contributed by atoms with Crippen molar-refractivity contribution in [2.24, 2.45) is 0 Å². The highest BCUT2D eigenvalue weighted by Gasteiger charge is 2.24. The first kappa shape index (κ1) is 19.3. The number of carbonyl (C=O) groups is 1. The van der Waals surface area contributed by atoms with Crippen LogP contribution < -0.4 is 4.90 Å². The van der Waals surface area contributed by atoms with Gasteiger partial charge < -0.3 is 0 Å². The fourth-order valence-electron chi connectivity index (χ4n) is 3.26. The third-order valence-electron chi connectivity index (χ3n) is 5.03. The molecule has 1 aromatic carbocycles. The van der Waals surface area contributed by atoms with E-state index in [1.165, 1.54) is 22.5 Å². The van der Waals surface area contributed by atoms with Crippen LogP contribution in [0.3, 0.4) is 0 Å². The fourth-order valence-corrected chi connectivity index (χ4v) is 4.30. The maximum absolute atomic E-state index is 13.4. The Labute approximate surface area is 173 Å². The molecule has 4 rings (SSSR count). The zero-order chi connectivity index (χ0) is 20.5. The Kier molecular flexibility index (Phi) is 5.15. The highest BCUT2D eigenvalue weighted by Crippen LogP contribution is 2.32. The van der Waals surface area contributed by atoms with Crippen molar-refractivity contribution in [3.63, 3.8) is 0 Å². The van der Waals surface area contributed by atoms with E-state index in [1.54, 1.807) is 17.3 Å². The summed E-state index contributed by atoms with van der Waals surface area (Å²) < 4.78 is 2.91. The molecule has 0 N–H and O–H groups in total. The summed E-state index contributed by atoms with van der Waals surface area (Å²) in [6.07, 6.45) is 3.50. The molecule has 0 aliphatic heterocycles. The number of aromatic nitrogens is 4. The van der Waals surface area contributed by atoms with Gasteiger partial charge >= 0.3 is 0 Å². The number of hydrogen-bond donors (Lipinski definition) is 0. The zero-order valence-corrected chi connectivity index (χ0v) is 17.8. The Morgan fingerprint density at radius 3 is 2.66 bits per heavy atom. The van der Waals surface area contributed by atoms with Crippen molar-refractivity contribution in [3.8, 4) is 0 Å². The maximum Gasteiger partial charge on any atom is 0.280 e. The molecule has 0 unspecified atom stereocenters. The summed E-state index contributed by atoms with van der Waals surface area (Å²) in [5.74, 6) is -0.156. The molecule has 0 saturated carbocycles. The minimum absolute atomic E-state index is 0.156. The molecule has 148 valence electrons. The van der Waals surface area contributed by atoms with Crippen LogP contribution in [0.1, 0.15) is 39.8 Å².